The predicted molar refractivity (Wildman–Crippen MR) is 101 cm³/mol. The number of ether oxygens (including phenoxy) is 1. The molecule has 29 heavy (non-hydrogen) atoms. The first-order valence-corrected chi connectivity index (χ1v) is 9.35. The molecule has 6 nitrogen and oxygen atoms in total. The minimum absolute atomic E-state index is 0.0816. The first-order chi connectivity index (χ1) is 13.9. The number of halogens is 2. The van der Waals surface area contributed by atoms with E-state index in [1.807, 2.05) is 0 Å². The van der Waals surface area contributed by atoms with E-state index in [4.69, 9.17) is 4.74 Å². The van der Waals surface area contributed by atoms with Gasteiger partial charge < -0.3 is 20.1 Å². The molecule has 0 bridgehead atoms. The summed E-state index contributed by atoms with van der Waals surface area (Å²) in [5.74, 6) is -1.90. The molecule has 3 rings (SSSR count). The van der Waals surface area contributed by atoms with Crippen molar-refractivity contribution in [2.75, 3.05) is 19.6 Å². The summed E-state index contributed by atoms with van der Waals surface area (Å²) in [4.78, 5) is 25.9. The zero-order valence-electron chi connectivity index (χ0n) is 15.7. The molecule has 1 saturated heterocycles. The lowest BCUT2D eigenvalue weighted by Gasteiger charge is -2.31. The Morgan fingerprint density at radius 2 is 1.79 bits per heavy atom. The van der Waals surface area contributed by atoms with Gasteiger partial charge in [0.15, 0.2) is 11.6 Å². The SMILES string of the molecule is O=C(NCC1CCN(C(=O)OCc2ccc(F)cc2)CC1)c1ccc(O)c(F)c1. The number of hydrogen-bond acceptors (Lipinski definition) is 4. The zero-order valence-corrected chi connectivity index (χ0v) is 15.7. The largest absolute Gasteiger partial charge is 0.505 e. The van der Waals surface area contributed by atoms with E-state index < -0.39 is 23.6 Å². The van der Waals surface area contributed by atoms with Gasteiger partial charge in [0.1, 0.15) is 12.4 Å². The van der Waals surface area contributed by atoms with Gasteiger partial charge in [0, 0.05) is 25.2 Å². The zero-order chi connectivity index (χ0) is 20.8. The molecule has 1 fully saturated rings. The molecule has 1 aliphatic heterocycles. The highest BCUT2D eigenvalue weighted by molar-refractivity contribution is 5.94. The van der Waals surface area contributed by atoms with Crippen molar-refractivity contribution in [1.29, 1.82) is 0 Å². The quantitative estimate of drug-likeness (QED) is 0.800. The van der Waals surface area contributed by atoms with E-state index in [2.05, 4.69) is 5.32 Å². The van der Waals surface area contributed by atoms with E-state index in [-0.39, 0.29) is 23.9 Å². The maximum absolute atomic E-state index is 13.3. The third-order valence-corrected chi connectivity index (χ3v) is 4.91. The van der Waals surface area contributed by atoms with E-state index in [0.717, 1.165) is 12.1 Å². The molecule has 0 unspecified atom stereocenters. The second-order valence-electron chi connectivity index (χ2n) is 6.99. The number of nitrogens with one attached hydrogen (secondary N) is 1. The number of benzene rings is 2. The number of phenols is 1. The average molecular weight is 404 g/mol. The molecule has 0 radical (unpaired) electrons. The molecule has 1 heterocycles. The van der Waals surface area contributed by atoms with Crippen LogP contribution in [0.1, 0.15) is 28.8 Å². The molecule has 2 aromatic carbocycles. The highest BCUT2D eigenvalue weighted by Crippen LogP contribution is 2.19. The molecule has 0 spiro atoms. The molecule has 8 heteroatoms. The number of amides is 2. The third-order valence-electron chi connectivity index (χ3n) is 4.91. The fourth-order valence-electron chi connectivity index (χ4n) is 3.12. The molecular weight excluding hydrogens is 382 g/mol. The van der Waals surface area contributed by atoms with Gasteiger partial charge in [-0.2, -0.15) is 0 Å². The molecule has 2 aromatic rings. The summed E-state index contributed by atoms with van der Waals surface area (Å²) in [5.41, 5.74) is 0.852. The minimum Gasteiger partial charge on any atom is -0.505 e. The second kappa shape index (κ2) is 9.36. The van der Waals surface area contributed by atoms with E-state index >= 15 is 0 Å². The van der Waals surface area contributed by atoms with E-state index in [9.17, 15) is 23.5 Å². The summed E-state index contributed by atoms with van der Waals surface area (Å²) in [6.45, 7) is 1.52. The van der Waals surface area contributed by atoms with Crippen molar-refractivity contribution in [3.05, 3.63) is 65.2 Å². The summed E-state index contributed by atoms with van der Waals surface area (Å²) >= 11 is 0. The lowest BCUT2D eigenvalue weighted by atomic mass is 9.97. The van der Waals surface area contributed by atoms with Gasteiger partial charge in [-0.1, -0.05) is 12.1 Å². The van der Waals surface area contributed by atoms with Crippen molar-refractivity contribution in [1.82, 2.24) is 10.2 Å². The van der Waals surface area contributed by atoms with Gasteiger partial charge >= 0.3 is 6.09 Å². The van der Waals surface area contributed by atoms with Crippen LogP contribution in [0.25, 0.3) is 0 Å². The van der Waals surface area contributed by atoms with Crippen molar-refractivity contribution >= 4 is 12.0 Å². The van der Waals surface area contributed by atoms with Crippen LogP contribution in [0.5, 0.6) is 5.75 Å². The maximum Gasteiger partial charge on any atom is 0.410 e. The van der Waals surface area contributed by atoms with Crippen LogP contribution in [0.15, 0.2) is 42.5 Å². The van der Waals surface area contributed by atoms with Crippen molar-refractivity contribution < 1.29 is 28.2 Å². The van der Waals surface area contributed by atoms with Gasteiger partial charge in [-0.05, 0) is 54.7 Å². The summed E-state index contributed by atoms with van der Waals surface area (Å²) in [6, 6.07) is 9.25. The van der Waals surface area contributed by atoms with Crippen LogP contribution in [0.3, 0.4) is 0 Å². The van der Waals surface area contributed by atoms with Gasteiger partial charge in [-0.15, -0.1) is 0 Å². The number of aromatic hydroxyl groups is 1. The number of phenolic OH excluding ortho intramolecular Hbond substituents is 1. The molecule has 2 amide bonds. The fraction of sp³-hybridized carbons (Fsp3) is 0.333. The van der Waals surface area contributed by atoms with Gasteiger partial charge in [-0.3, -0.25) is 4.79 Å². The first-order valence-electron chi connectivity index (χ1n) is 9.35. The maximum atomic E-state index is 13.3. The normalized spacial score (nSPS) is 14.5. The lowest BCUT2D eigenvalue weighted by Crippen LogP contribution is -2.41. The van der Waals surface area contributed by atoms with Crippen LogP contribution in [0, 0.1) is 17.6 Å². The number of nitrogens with zero attached hydrogens (tertiary/aromatic N) is 1. The number of likely N-dealkylation sites (tertiary alicyclic amines) is 1. The predicted octanol–water partition coefficient (Wildman–Crippen LogP) is 3.45. The van der Waals surface area contributed by atoms with E-state index in [1.165, 1.54) is 18.2 Å². The van der Waals surface area contributed by atoms with Crippen LogP contribution in [-0.4, -0.2) is 41.6 Å². The summed E-state index contributed by atoms with van der Waals surface area (Å²) in [6.07, 6.45) is 0.988. The Labute approximate surface area is 167 Å². The van der Waals surface area contributed by atoms with Crippen LogP contribution < -0.4 is 5.32 Å². The van der Waals surface area contributed by atoms with E-state index in [0.29, 0.717) is 38.0 Å². The van der Waals surface area contributed by atoms with Crippen LogP contribution in [0.2, 0.25) is 0 Å². The number of hydrogen-bond donors (Lipinski definition) is 2. The molecule has 1 aliphatic rings. The second-order valence-corrected chi connectivity index (χ2v) is 6.99. The van der Waals surface area contributed by atoms with Crippen molar-refractivity contribution in [3.8, 4) is 5.75 Å². The van der Waals surface area contributed by atoms with Gasteiger partial charge in [-0.25, -0.2) is 13.6 Å². The number of carbonyl (C=O) groups is 2. The van der Waals surface area contributed by atoms with E-state index in [1.54, 1.807) is 17.0 Å². The lowest BCUT2D eigenvalue weighted by molar-refractivity contribution is 0.0800. The third kappa shape index (κ3) is 5.66. The Bertz CT molecular complexity index is 865. The molecular formula is C21H22F2N2O4. The summed E-state index contributed by atoms with van der Waals surface area (Å²) in [7, 11) is 0. The number of piperidine rings is 1. The fourth-order valence-corrected chi connectivity index (χ4v) is 3.12. The summed E-state index contributed by atoms with van der Waals surface area (Å²) < 4.78 is 31.5. The van der Waals surface area contributed by atoms with Crippen LogP contribution >= 0.6 is 0 Å². The molecule has 0 saturated carbocycles. The standard InChI is InChI=1S/C21H22F2N2O4/c22-17-4-1-15(2-5-17)13-29-21(28)25-9-7-14(8-10-25)12-24-20(27)16-3-6-19(26)18(23)11-16/h1-6,11,14,26H,7-10,12-13H2,(H,24,27). The Balaban J connectivity index is 1.39. The Morgan fingerprint density at radius 3 is 2.45 bits per heavy atom. The molecule has 0 aliphatic carbocycles. The van der Waals surface area contributed by atoms with Crippen molar-refractivity contribution in [2.45, 2.75) is 19.4 Å². The Hall–Kier alpha value is -3.16. The molecule has 2 N–H and O–H groups in total. The first kappa shape index (κ1) is 20.6. The van der Waals surface area contributed by atoms with Gasteiger partial charge in [0.25, 0.3) is 5.91 Å². The monoisotopic (exact) mass is 404 g/mol. The van der Waals surface area contributed by atoms with Crippen LogP contribution in [-0.2, 0) is 11.3 Å². The van der Waals surface area contributed by atoms with Gasteiger partial charge in [0.05, 0.1) is 0 Å². The highest BCUT2D eigenvalue weighted by atomic mass is 19.1. The number of carbonyl (C=O) groups excluding carboxylic acids is 2. The van der Waals surface area contributed by atoms with Gasteiger partial charge in [0.2, 0.25) is 0 Å². The molecule has 0 atom stereocenters. The van der Waals surface area contributed by atoms with Crippen LogP contribution in [0.4, 0.5) is 13.6 Å². The number of rotatable bonds is 5. The smallest absolute Gasteiger partial charge is 0.410 e. The summed E-state index contributed by atoms with van der Waals surface area (Å²) in [5, 5.41) is 11.9. The average Bonchev–Trinajstić information content (AvgIpc) is 2.73. The Kier molecular flexibility index (Phi) is 6.64. The molecule has 0 aromatic heterocycles. The minimum atomic E-state index is -0.842. The molecule has 154 valence electrons. The van der Waals surface area contributed by atoms with Crippen molar-refractivity contribution in [2.24, 2.45) is 5.92 Å². The Morgan fingerprint density at radius 1 is 1.10 bits per heavy atom. The van der Waals surface area contributed by atoms with Crippen molar-refractivity contribution in [3.63, 3.8) is 0 Å². The topological polar surface area (TPSA) is 78.9 Å². The highest BCUT2D eigenvalue weighted by Gasteiger charge is 2.24.